The van der Waals surface area contributed by atoms with E-state index in [0.717, 1.165) is 18.5 Å². The first-order valence-corrected chi connectivity index (χ1v) is 9.22. The molecule has 0 saturated heterocycles. The number of nitrogens with one attached hydrogen (secondary N) is 2. The lowest BCUT2D eigenvalue weighted by Gasteiger charge is -2.29. The molecule has 5 heteroatoms. The van der Waals surface area contributed by atoms with E-state index in [9.17, 15) is 8.42 Å². The lowest BCUT2D eigenvalue weighted by atomic mass is 9.80. The third-order valence-electron chi connectivity index (χ3n) is 4.05. The van der Waals surface area contributed by atoms with Crippen molar-refractivity contribution in [1.82, 2.24) is 0 Å². The number of benzene rings is 1. The predicted molar refractivity (Wildman–Crippen MR) is 89.0 cm³/mol. The van der Waals surface area contributed by atoms with Crippen LogP contribution in [-0.2, 0) is 10.0 Å². The molecule has 116 valence electrons. The van der Waals surface area contributed by atoms with Crippen LogP contribution in [0.2, 0.25) is 0 Å². The van der Waals surface area contributed by atoms with Gasteiger partial charge in [-0.15, -0.1) is 0 Å². The van der Waals surface area contributed by atoms with E-state index in [4.69, 9.17) is 0 Å². The molecule has 0 saturated carbocycles. The maximum Gasteiger partial charge on any atom is 0.229 e. The molecule has 0 aromatic heterocycles. The van der Waals surface area contributed by atoms with Crippen molar-refractivity contribution in [2.24, 2.45) is 11.8 Å². The summed E-state index contributed by atoms with van der Waals surface area (Å²) in [6.07, 6.45) is 5.90. The van der Waals surface area contributed by atoms with Gasteiger partial charge in [0.25, 0.3) is 0 Å². The van der Waals surface area contributed by atoms with Gasteiger partial charge in [0, 0.05) is 12.2 Å². The first kappa shape index (κ1) is 15.9. The van der Waals surface area contributed by atoms with E-state index in [-0.39, 0.29) is 0 Å². The lowest BCUT2D eigenvalue weighted by molar-refractivity contribution is 0.381. The Morgan fingerprint density at radius 3 is 2.67 bits per heavy atom. The van der Waals surface area contributed by atoms with Gasteiger partial charge in [-0.05, 0) is 49.8 Å². The maximum absolute atomic E-state index is 11.3. The molecule has 0 fully saturated rings. The third kappa shape index (κ3) is 4.77. The number of sulfonamides is 1. The molecule has 1 aliphatic rings. The molecule has 0 radical (unpaired) electrons. The molecule has 0 bridgehead atoms. The normalized spacial score (nSPS) is 22.5. The van der Waals surface area contributed by atoms with Crippen molar-refractivity contribution in [3.8, 4) is 0 Å². The molecule has 0 heterocycles. The first-order chi connectivity index (χ1) is 9.85. The second-order valence-electron chi connectivity index (χ2n) is 5.95. The number of anilines is 2. The van der Waals surface area contributed by atoms with Gasteiger partial charge in [-0.2, -0.15) is 0 Å². The van der Waals surface area contributed by atoms with Crippen molar-refractivity contribution in [2.45, 2.75) is 26.7 Å². The van der Waals surface area contributed by atoms with Gasteiger partial charge >= 0.3 is 0 Å². The minimum absolute atomic E-state index is 0.547. The SMILES string of the molecule is CC1=CCCC(C)C1CNc1cccc(NS(C)(=O)=O)c1. The molecule has 1 aliphatic carbocycles. The Morgan fingerprint density at radius 1 is 1.29 bits per heavy atom. The van der Waals surface area contributed by atoms with Gasteiger partial charge in [-0.25, -0.2) is 8.42 Å². The van der Waals surface area contributed by atoms with Gasteiger partial charge in [-0.3, -0.25) is 4.72 Å². The van der Waals surface area contributed by atoms with Crippen LogP contribution in [0.1, 0.15) is 26.7 Å². The molecular formula is C16H24N2O2S. The molecule has 2 atom stereocenters. The Hall–Kier alpha value is -1.49. The summed E-state index contributed by atoms with van der Waals surface area (Å²) in [4.78, 5) is 0. The Kier molecular flexibility index (Phi) is 4.93. The smallest absolute Gasteiger partial charge is 0.229 e. The van der Waals surface area contributed by atoms with Gasteiger partial charge in [0.05, 0.1) is 11.9 Å². The summed E-state index contributed by atoms with van der Waals surface area (Å²) in [6, 6.07) is 7.39. The average Bonchev–Trinajstić information content (AvgIpc) is 2.36. The summed E-state index contributed by atoms with van der Waals surface area (Å²) in [5.74, 6) is 1.23. The zero-order valence-electron chi connectivity index (χ0n) is 12.9. The number of hydrogen-bond acceptors (Lipinski definition) is 3. The zero-order valence-corrected chi connectivity index (χ0v) is 13.7. The quantitative estimate of drug-likeness (QED) is 0.819. The van der Waals surface area contributed by atoms with Crippen molar-refractivity contribution in [3.63, 3.8) is 0 Å². The summed E-state index contributed by atoms with van der Waals surface area (Å²) < 4.78 is 25.0. The summed E-state index contributed by atoms with van der Waals surface area (Å²) in [6.45, 7) is 5.37. The Bertz CT molecular complexity index is 623. The molecule has 2 N–H and O–H groups in total. The van der Waals surface area contributed by atoms with E-state index in [2.05, 4.69) is 30.0 Å². The minimum atomic E-state index is -3.23. The summed E-state index contributed by atoms with van der Waals surface area (Å²) >= 11 is 0. The predicted octanol–water partition coefficient (Wildman–Crippen LogP) is 3.46. The fraction of sp³-hybridized carbons (Fsp3) is 0.500. The fourth-order valence-corrected chi connectivity index (χ4v) is 3.43. The highest BCUT2D eigenvalue weighted by atomic mass is 32.2. The molecule has 2 rings (SSSR count). The Balaban J connectivity index is 2.02. The van der Waals surface area contributed by atoms with E-state index in [1.165, 1.54) is 18.4 Å². The molecule has 0 spiro atoms. The van der Waals surface area contributed by atoms with Gasteiger partial charge in [-0.1, -0.05) is 24.6 Å². The van der Waals surface area contributed by atoms with Crippen LogP contribution in [0.3, 0.4) is 0 Å². The van der Waals surface area contributed by atoms with Crippen molar-refractivity contribution >= 4 is 21.4 Å². The van der Waals surface area contributed by atoms with Crippen molar-refractivity contribution in [1.29, 1.82) is 0 Å². The van der Waals surface area contributed by atoms with Crippen LogP contribution in [0.4, 0.5) is 11.4 Å². The van der Waals surface area contributed by atoms with Gasteiger partial charge in [0.15, 0.2) is 0 Å². The molecule has 2 unspecified atom stereocenters. The van der Waals surface area contributed by atoms with Crippen LogP contribution in [0.25, 0.3) is 0 Å². The number of rotatable bonds is 5. The third-order valence-corrected chi connectivity index (χ3v) is 4.66. The topological polar surface area (TPSA) is 58.2 Å². The molecule has 4 nitrogen and oxygen atoms in total. The molecule has 1 aromatic rings. The van der Waals surface area contributed by atoms with Crippen molar-refractivity contribution < 1.29 is 8.42 Å². The maximum atomic E-state index is 11.3. The van der Waals surface area contributed by atoms with E-state index in [1.54, 1.807) is 6.07 Å². The van der Waals surface area contributed by atoms with E-state index >= 15 is 0 Å². The largest absolute Gasteiger partial charge is 0.384 e. The highest BCUT2D eigenvalue weighted by Crippen LogP contribution is 2.30. The second kappa shape index (κ2) is 6.52. The standard InChI is InChI=1S/C16H24N2O2S/c1-12-6-4-7-13(2)16(12)11-17-14-8-5-9-15(10-14)18-21(3,19)20/h5-6,8-10,13,16-18H,4,7,11H2,1-3H3. The molecule has 0 amide bonds. The molecular weight excluding hydrogens is 284 g/mol. The van der Waals surface area contributed by atoms with E-state index in [0.29, 0.717) is 17.5 Å². The average molecular weight is 308 g/mol. The van der Waals surface area contributed by atoms with Crippen LogP contribution in [0.15, 0.2) is 35.9 Å². The molecule has 21 heavy (non-hydrogen) atoms. The first-order valence-electron chi connectivity index (χ1n) is 7.33. The lowest BCUT2D eigenvalue weighted by Crippen LogP contribution is -2.24. The van der Waals surface area contributed by atoms with E-state index in [1.807, 2.05) is 18.2 Å². The van der Waals surface area contributed by atoms with E-state index < -0.39 is 10.0 Å². The van der Waals surface area contributed by atoms with Crippen molar-refractivity contribution in [3.05, 3.63) is 35.9 Å². The van der Waals surface area contributed by atoms with Crippen LogP contribution in [-0.4, -0.2) is 21.2 Å². The van der Waals surface area contributed by atoms with Crippen LogP contribution < -0.4 is 10.0 Å². The minimum Gasteiger partial charge on any atom is -0.384 e. The van der Waals surface area contributed by atoms with Crippen LogP contribution >= 0.6 is 0 Å². The molecule has 0 aliphatic heterocycles. The summed E-state index contributed by atoms with van der Waals surface area (Å²) in [5, 5.41) is 3.43. The fourth-order valence-electron chi connectivity index (χ4n) is 2.87. The van der Waals surface area contributed by atoms with Gasteiger partial charge in [0.1, 0.15) is 0 Å². The summed E-state index contributed by atoms with van der Waals surface area (Å²) in [7, 11) is -3.23. The van der Waals surface area contributed by atoms with Crippen molar-refractivity contribution in [2.75, 3.05) is 22.8 Å². The van der Waals surface area contributed by atoms with Crippen LogP contribution in [0.5, 0.6) is 0 Å². The summed E-state index contributed by atoms with van der Waals surface area (Å²) in [5.41, 5.74) is 2.98. The van der Waals surface area contributed by atoms with Crippen LogP contribution in [0, 0.1) is 11.8 Å². The number of hydrogen-bond donors (Lipinski definition) is 2. The van der Waals surface area contributed by atoms with Gasteiger partial charge < -0.3 is 5.32 Å². The molecule has 1 aromatic carbocycles. The Labute approximate surface area is 127 Å². The highest BCUT2D eigenvalue weighted by Gasteiger charge is 2.21. The second-order valence-corrected chi connectivity index (χ2v) is 7.69. The zero-order chi connectivity index (χ0) is 15.5. The number of allylic oxidation sites excluding steroid dienone is 1. The Morgan fingerprint density at radius 2 is 2.00 bits per heavy atom. The monoisotopic (exact) mass is 308 g/mol. The highest BCUT2D eigenvalue weighted by molar-refractivity contribution is 7.92. The van der Waals surface area contributed by atoms with Gasteiger partial charge in [0.2, 0.25) is 10.0 Å².